The Hall–Kier alpha value is -2.81. The summed E-state index contributed by atoms with van der Waals surface area (Å²) in [6.45, 7) is 0.0722. The van der Waals surface area contributed by atoms with E-state index in [-0.39, 0.29) is 29.3 Å². The first kappa shape index (κ1) is 16.6. The van der Waals surface area contributed by atoms with Gasteiger partial charge in [-0.05, 0) is 33.6 Å². The van der Waals surface area contributed by atoms with Gasteiger partial charge in [0, 0.05) is 12.7 Å². The van der Waals surface area contributed by atoms with Crippen molar-refractivity contribution in [1.82, 2.24) is 4.98 Å². The minimum atomic E-state index is -0.644. The Bertz CT molecular complexity index is 893. The molecule has 3 N–H and O–H groups in total. The Morgan fingerprint density at radius 2 is 2.00 bits per heavy atom. The predicted molar refractivity (Wildman–Crippen MR) is 86.5 cm³/mol. The predicted octanol–water partition coefficient (Wildman–Crippen LogP) is 2.11. The summed E-state index contributed by atoms with van der Waals surface area (Å²) in [5, 5.41) is 18.5. The Balaban J connectivity index is 2.68. The average molecular weight is 375 g/mol. The molecule has 1 aromatic heterocycles. The molecule has 0 saturated heterocycles. The summed E-state index contributed by atoms with van der Waals surface area (Å²) in [5.74, 6) is 0.438. The van der Waals surface area contributed by atoms with E-state index in [0.717, 1.165) is 0 Å². The third kappa shape index (κ3) is 3.19. The minimum Gasteiger partial charge on any atom is -0.466 e. The topological polar surface area (TPSA) is 125 Å². The van der Waals surface area contributed by atoms with Crippen molar-refractivity contribution in [3.63, 3.8) is 0 Å². The van der Waals surface area contributed by atoms with Gasteiger partial charge in [0.1, 0.15) is 34.8 Å². The highest BCUT2D eigenvalue weighted by atomic mass is 79.9. The van der Waals surface area contributed by atoms with Gasteiger partial charge in [0.25, 0.3) is 5.56 Å². The number of H-pyrrole nitrogens is 1. The van der Waals surface area contributed by atoms with Crippen LogP contribution in [0.5, 0.6) is 5.75 Å². The molecule has 0 amide bonds. The lowest BCUT2D eigenvalue weighted by atomic mass is 9.96. The number of ether oxygens (including phenoxy) is 2. The first-order valence-electron chi connectivity index (χ1n) is 6.31. The van der Waals surface area contributed by atoms with Gasteiger partial charge in [0.2, 0.25) is 0 Å². The van der Waals surface area contributed by atoms with Crippen LogP contribution in [0.2, 0.25) is 0 Å². The number of rotatable bonds is 4. The summed E-state index contributed by atoms with van der Waals surface area (Å²) >= 11 is 3.34. The van der Waals surface area contributed by atoms with Crippen LogP contribution in [0.1, 0.15) is 11.1 Å². The second kappa shape index (κ2) is 6.97. The molecule has 7 nitrogen and oxygen atoms in total. The summed E-state index contributed by atoms with van der Waals surface area (Å²) in [5.41, 5.74) is 5.59. The lowest BCUT2D eigenvalue weighted by Gasteiger charge is -2.11. The van der Waals surface area contributed by atoms with Gasteiger partial charge >= 0.3 is 0 Å². The number of aromatic amines is 1. The normalized spacial score (nSPS) is 9.91. The molecule has 0 aliphatic carbocycles. The number of halogens is 1. The largest absolute Gasteiger partial charge is 0.466 e. The van der Waals surface area contributed by atoms with Crippen LogP contribution in [0.4, 0.5) is 5.82 Å². The zero-order chi connectivity index (χ0) is 17.0. The van der Waals surface area contributed by atoms with E-state index in [1.54, 1.807) is 18.2 Å². The maximum atomic E-state index is 11.9. The molecule has 1 heterocycles. The number of nitrogens with zero attached hydrogens (tertiary/aromatic N) is 2. The van der Waals surface area contributed by atoms with E-state index >= 15 is 0 Å². The number of hydrogen-bond donors (Lipinski definition) is 2. The zero-order valence-electron chi connectivity index (χ0n) is 12.0. The number of nitrogens with one attached hydrogen (secondary N) is 1. The molecule has 0 saturated carbocycles. The van der Waals surface area contributed by atoms with Crippen LogP contribution in [0.3, 0.4) is 0 Å². The van der Waals surface area contributed by atoms with Crippen molar-refractivity contribution in [2.75, 3.05) is 19.6 Å². The van der Waals surface area contributed by atoms with E-state index in [1.165, 1.54) is 7.11 Å². The lowest BCUT2D eigenvalue weighted by molar-refractivity contribution is 0.0506. The summed E-state index contributed by atoms with van der Waals surface area (Å²) in [7, 11) is 1.50. The van der Waals surface area contributed by atoms with Gasteiger partial charge in [-0.15, -0.1) is 0 Å². The lowest BCUT2D eigenvalue weighted by Crippen LogP contribution is -2.16. The van der Waals surface area contributed by atoms with Crippen molar-refractivity contribution >= 4 is 21.7 Å². The number of pyridine rings is 1. The van der Waals surface area contributed by atoms with Crippen molar-refractivity contribution in [3.8, 4) is 29.0 Å². The molecule has 0 spiro atoms. The number of methoxy groups -OCH3 is 1. The van der Waals surface area contributed by atoms with Gasteiger partial charge in [0.15, 0.2) is 6.79 Å². The number of aromatic nitrogens is 1. The van der Waals surface area contributed by atoms with Gasteiger partial charge < -0.3 is 20.2 Å². The number of nitrogens with two attached hydrogens (primary N) is 1. The molecule has 8 heteroatoms. The van der Waals surface area contributed by atoms with Crippen LogP contribution < -0.4 is 16.0 Å². The maximum Gasteiger partial charge on any atom is 0.268 e. The standard InChI is InChI=1S/C15H11BrN4O3/c1-22-7-23-12-3-2-8(4-11(12)16)13-9(5-17)14(19)20-15(21)10(13)6-18/h2-4H,7H2,1H3,(H3,19,20,21). The molecular weight excluding hydrogens is 364 g/mol. The number of nitrogen functional groups attached to an aromatic ring is 1. The SMILES string of the molecule is COCOc1ccc(-c2c(C#N)c(N)[nH]c(=O)c2C#N)cc1Br. The van der Waals surface area contributed by atoms with Crippen molar-refractivity contribution in [3.05, 3.63) is 44.2 Å². The number of hydrogen-bond acceptors (Lipinski definition) is 6. The fraction of sp³-hybridized carbons (Fsp3) is 0.133. The maximum absolute atomic E-state index is 11.9. The van der Waals surface area contributed by atoms with Crippen LogP contribution in [0, 0.1) is 22.7 Å². The quantitative estimate of drug-likeness (QED) is 0.789. The van der Waals surface area contributed by atoms with Gasteiger partial charge in [-0.3, -0.25) is 4.79 Å². The molecule has 0 aliphatic rings. The van der Waals surface area contributed by atoms with E-state index in [2.05, 4.69) is 20.9 Å². The first-order valence-corrected chi connectivity index (χ1v) is 7.10. The van der Waals surface area contributed by atoms with Crippen molar-refractivity contribution in [2.45, 2.75) is 0 Å². The monoisotopic (exact) mass is 374 g/mol. The molecule has 0 bridgehead atoms. The molecule has 0 unspecified atom stereocenters. The van der Waals surface area contributed by atoms with E-state index in [9.17, 15) is 15.3 Å². The third-order valence-electron chi connectivity index (χ3n) is 3.02. The molecule has 0 atom stereocenters. The molecule has 0 aliphatic heterocycles. The van der Waals surface area contributed by atoms with Crippen LogP contribution in [0.15, 0.2) is 27.5 Å². The van der Waals surface area contributed by atoms with Crippen LogP contribution in [-0.2, 0) is 4.74 Å². The van der Waals surface area contributed by atoms with Crippen molar-refractivity contribution < 1.29 is 9.47 Å². The van der Waals surface area contributed by atoms with Crippen LogP contribution >= 0.6 is 15.9 Å². The fourth-order valence-electron chi connectivity index (χ4n) is 2.03. The number of nitriles is 2. The van der Waals surface area contributed by atoms with Gasteiger partial charge in [-0.25, -0.2) is 0 Å². The first-order chi connectivity index (χ1) is 11.0. The summed E-state index contributed by atoms with van der Waals surface area (Å²) in [4.78, 5) is 14.2. The van der Waals surface area contributed by atoms with Gasteiger partial charge in [-0.2, -0.15) is 10.5 Å². The molecule has 2 aromatic rings. The highest BCUT2D eigenvalue weighted by molar-refractivity contribution is 9.10. The smallest absolute Gasteiger partial charge is 0.268 e. The highest BCUT2D eigenvalue weighted by Crippen LogP contribution is 2.34. The molecular formula is C15H11BrN4O3. The van der Waals surface area contributed by atoms with Crippen molar-refractivity contribution in [2.24, 2.45) is 0 Å². The molecule has 2 rings (SSSR count). The minimum absolute atomic E-state index is 0.0404. The Morgan fingerprint density at radius 3 is 2.57 bits per heavy atom. The molecule has 0 fully saturated rings. The van der Waals surface area contributed by atoms with E-state index < -0.39 is 5.56 Å². The van der Waals surface area contributed by atoms with Crippen molar-refractivity contribution in [1.29, 1.82) is 10.5 Å². The average Bonchev–Trinajstić information content (AvgIpc) is 2.53. The summed E-state index contributed by atoms with van der Waals surface area (Å²) in [6.07, 6.45) is 0. The second-order valence-electron chi connectivity index (χ2n) is 4.41. The Labute approximate surface area is 140 Å². The van der Waals surface area contributed by atoms with E-state index in [1.807, 2.05) is 12.1 Å². The summed E-state index contributed by atoms with van der Waals surface area (Å²) in [6, 6.07) is 8.64. The molecule has 116 valence electrons. The van der Waals surface area contributed by atoms with Crippen LogP contribution in [0.25, 0.3) is 11.1 Å². The Morgan fingerprint density at radius 1 is 1.30 bits per heavy atom. The van der Waals surface area contributed by atoms with Gasteiger partial charge in [0.05, 0.1) is 4.47 Å². The van der Waals surface area contributed by atoms with E-state index in [0.29, 0.717) is 15.8 Å². The molecule has 0 radical (unpaired) electrons. The zero-order valence-corrected chi connectivity index (χ0v) is 13.6. The van der Waals surface area contributed by atoms with Gasteiger partial charge in [-0.1, -0.05) is 6.07 Å². The third-order valence-corrected chi connectivity index (χ3v) is 3.64. The fourth-order valence-corrected chi connectivity index (χ4v) is 2.52. The van der Waals surface area contributed by atoms with E-state index in [4.69, 9.17) is 15.2 Å². The van der Waals surface area contributed by atoms with Crippen LogP contribution in [-0.4, -0.2) is 18.9 Å². The summed E-state index contributed by atoms with van der Waals surface area (Å²) < 4.78 is 10.8. The second-order valence-corrected chi connectivity index (χ2v) is 5.27. The molecule has 1 aromatic carbocycles. The number of benzene rings is 1. The number of anilines is 1. The molecule has 23 heavy (non-hydrogen) atoms. The Kier molecular flexibility index (Phi) is 5.02. The highest BCUT2D eigenvalue weighted by Gasteiger charge is 2.18.